The van der Waals surface area contributed by atoms with Gasteiger partial charge in [-0.15, -0.1) is 11.3 Å². The first-order chi connectivity index (χ1) is 24.6. The number of benzene rings is 1. The number of aromatic nitrogens is 3. The van der Waals surface area contributed by atoms with Gasteiger partial charge in [0.05, 0.1) is 40.7 Å². The molecule has 0 saturated carbocycles. The second-order valence-corrected chi connectivity index (χ2v) is 15.6. The van der Waals surface area contributed by atoms with Crippen molar-refractivity contribution in [3.8, 4) is 22.5 Å². The molecule has 3 aromatic heterocycles. The number of hydrazine groups is 1. The number of hydrogen-bond acceptors (Lipinski definition) is 10. The Kier molecular flexibility index (Phi) is 14.7. The molecule has 3 N–H and O–H groups in total. The van der Waals surface area contributed by atoms with Crippen molar-refractivity contribution in [1.29, 1.82) is 0 Å². The Balaban J connectivity index is 0.00000217. The van der Waals surface area contributed by atoms with Gasteiger partial charge in [0.25, 0.3) is 5.91 Å². The topological polar surface area (TPSA) is 140 Å². The van der Waals surface area contributed by atoms with E-state index in [9.17, 15) is 14.4 Å². The second kappa shape index (κ2) is 18.2. The van der Waals surface area contributed by atoms with Crippen molar-refractivity contribution in [3.05, 3.63) is 58.2 Å². The smallest absolute Gasteiger partial charge is 0.324 e. The zero-order chi connectivity index (χ0) is 35.9. The van der Waals surface area contributed by atoms with Crippen molar-refractivity contribution in [2.24, 2.45) is 11.3 Å². The van der Waals surface area contributed by atoms with Gasteiger partial charge in [-0.2, -0.15) is 40.5 Å². The van der Waals surface area contributed by atoms with E-state index in [2.05, 4.69) is 65.7 Å². The molecule has 3 aliphatic heterocycles. The van der Waals surface area contributed by atoms with Crippen LogP contribution in [0.25, 0.3) is 33.4 Å². The lowest BCUT2D eigenvalue weighted by Gasteiger charge is -2.36. The summed E-state index contributed by atoms with van der Waals surface area (Å²) >= 11 is 1.48. The van der Waals surface area contributed by atoms with Gasteiger partial charge in [-0.05, 0) is 62.9 Å². The van der Waals surface area contributed by atoms with Crippen LogP contribution in [0.3, 0.4) is 0 Å². The van der Waals surface area contributed by atoms with Crippen LogP contribution < -0.4 is 16.1 Å². The number of hydrogen-bond donors (Lipinski definition) is 3. The van der Waals surface area contributed by atoms with Crippen LogP contribution in [-0.2, 0) is 43.2 Å². The number of fused-ring (bicyclic) bond motifs is 6. The maximum atomic E-state index is 14.0. The van der Waals surface area contributed by atoms with Gasteiger partial charge in [0.1, 0.15) is 12.1 Å². The van der Waals surface area contributed by atoms with E-state index >= 15 is 0 Å². The van der Waals surface area contributed by atoms with Crippen molar-refractivity contribution >= 4 is 80.5 Å². The highest BCUT2D eigenvalue weighted by Crippen LogP contribution is 2.42. The minimum atomic E-state index is -0.837. The highest BCUT2D eigenvalue weighted by Gasteiger charge is 2.37. The fourth-order valence-corrected chi connectivity index (χ4v) is 8.18. The monoisotopic (exact) mass is 815 g/mol. The number of nitrogens with one attached hydrogen (secondary N) is 3. The number of carbonyl (C=O) groups excluding carboxylic acids is 3. The van der Waals surface area contributed by atoms with Crippen LogP contribution >= 0.6 is 51.8 Å². The highest BCUT2D eigenvalue weighted by molar-refractivity contribution is 7.59. The number of cyclic esters (lactones) is 1. The molecule has 6 bridgehead atoms. The minimum absolute atomic E-state index is 0. The first kappa shape index (κ1) is 43.6. The quantitative estimate of drug-likeness (QED) is 0.235. The molecule has 4 aromatic rings. The summed E-state index contributed by atoms with van der Waals surface area (Å²) in [6.45, 7) is 10.9. The molecule has 2 fully saturated rings. The van der Waals surface area contributed by atoms with E-state index in [0.29, 0.717) is 38.9 Å². The van der Waals surface area contributed by atoms with E-state index in [1.165, 1.54) is 16.3 Å². The lowest BCUT2D eigenvalue weighted by molar-refractivity contribution is -0.155. The van der Waals surface area contributed by atoms with Gasteiger partial charge in [-0.3, -0.25) is 24.4 Å². The Bertz CT molecular complexity index is 1960. The van der Waals surface area contributed by atoms with E-state index in [1.54, 1.807) is 13.3 Å². The number of thiazole rings is 1. The Morgan fingerprint density at radius 2 is 1.96 bits per heavy atom. The van der Waals surface area contributed by atoms with Gasteiger partial charge in [0.2, 0.25) is 5.91 Å². The number of pyridine rings is 1. The first-order valence-corrected chi connectivity index (χ1v) is 18.8. The molecule has 6 heterocycles. The minimum Gasteiger partial charge on any atom is -0.464 e. The molecule has 0 spiro atoms. The summed E-state index contributed by atoms with van der Waals surface area (Å²) in [6, 6.07) is 9.01. The van der Waals surface area contributed by atoms with E-state index in [1.807, 2.05) is 18.4 Å². The SMILES string of the molecule is CCn1c(-c2cccnc2[C@H](C)OC)c2c3cc(ccc31)-c1csc(n1)C[C@H](NC(=O)C1CNC1)C(=O)N1CCC[C@H](N1)C(=O)OCC(C)(C)C2.S.S.S. The van der Waals surface area contributed by atoms with E-state index in [-0.39, 0.29) is 77.4 Å². The molecule has 3 aliphatic rings. The highest BCUT2D eigenvalue weighted by atomic mass is 32.1. The summed E-state index contributed by atoms with van der Waals surface area (Å²) in [5.41, 5.74) is 9.65. The maximum absolute atomic E-state index is 14.0. The standard InChI is InChI=1S/C38H47N7O5S.3H2S/c1-6-44-31-12-11-23-15-26(31)27(34(44)25-9-7-13-40-33(25)22(2)49-5)17-38(3,4)21-50-37(48)28-10-8-14-45(43-28)36(47)29(16-32-41-30(23)20-51-32)42-35(46)24-18-39-19-24;;;/h7,9,11-13,15,20,22,24,28-29,39,43H,6,8,10,14,16-19,21H2,1-5H3,(H,42,46);3*1H2/t22-,28-,29-;;;/m0.../s1. The Labute approximate surface area is 341 Å². The van der Waals surface area contributed by atoms with Crippen molar-refractivity contribution in [2.45, 2.75) is 78.1 Å². The Hall–Kier alpha value is -3.12. The Morgan fingerprint density at radius 3 is 2.67 bits per heavy atom. The number of aryl methyl sites for hydroxylation is 1. The van der Waals surface area contributed by atoms with Crippen LogP contribution in [0.15, 0.2) is 41.9 Å². The number of carbonyl (C=O) groups is 3. The molecule has 3 atom stereocenters. The molecular formula is C38H53N7O5S4. The molecule has 0 unspecified atom stereocenters. The molecule has 54 heavy (non-hydrogen) atoms. The molecule has 7 rings (SSSR count). The van der Waals surface area contributed by atoms with Crippen molar-refractivity contribution in [2.75, 3.05) is 33.4 Å². The number of nitrogens with zero attached hydrogens (tertiary/aromatic N) is 4. The van der Waals surface area contributed by atoms with E-state index in [4.69, 9.17) is 19.4 Å². The van der Waals surface area contributed by atoms with E-state index < -0.39 is 23.5 Å². The van der Waals surface area contributed by atoms with Crippen LogP contribution in [0, 0.1) is 11.3 Å². The summed E-state index contributed by atoms with van der Waals surface area (Å²) in [5.74, 6) is -1.02. The molecule has 294 valence electrons. The van der Waals surface area contributed by atoms with Crippen molar-refractivity contribution in [3.63, 3.8) is 0 Å². The lowest BCUT2D eigenvalue weighted by Crippen LogP contribution is -2.62. The van der Waals surface area contributed by atoms with Gasteiger partial charge in [0, 0.05) is 78.7 Å². The number of esters is 1. The zero-order valence-corrected chi connectivity index (χ0v) is 35.3. The lowest BCUT2D eigenvalue weighted by atomic mass is 9.84. The molecule has 2 saturated heterocycles. The second-order valence-electron chi connectivity index (χ2n) is 14.6. The molecule has 1 aromatic carbocycles. The van der Waals surface area contributed by atoms with Gasteiger partial charge in [-0.25, -0.2) is 10.4 Å². The predicted molar refractivity (Wildman–Crippen MR) is 227 cm³/mol. The normalized spacial score (nSPS) is 20.6. The molecule has 12 nitrogen and oxygen atoms in total. The zero-order valence-electron chi connectivity index (χ0n) is 31.5. The average molecular weight is 816 g/mol. The molecular weight excluding hydrogens is 763 g/mol. The molecule has 2 amide bonds. The van der Waals surface area contributed by atoms with Crippen LogP contribution in [-0.4, -0.2) is 82.8 Å². The van der Waals surface area contributed by atoms with Crippen molar-refractivity contribution in [1.82, 2.24) is 35.6 Å². The van der Waals surface area contributed by atoms with Gasteiger partial charge >= 0.3 is 5.97 Å². The van der Waals surface area contributed by atoms with Gasteiger partial charge < -0.3 is 24.7 Å². The molecule has 16 heteroatoms. The van der Waals surface area contributed by atoms with Crippen LogP contribution in [0.1, 0.15) is 62.9 Å². The van der Waals surface area contributed by atoms with Gasteiger partial charge in [0.15, 0.2) is 0 Å². The summed E-state index contributed by atoms with van der Waals surface area (Å²) in [4.78, 5) is 50.5. The number of ether oxygens (including phenoxy) is 2. The van der Waals surface area contributed by atoms with Gasteiger partial charge in [-0.1, -0.05) is 19.9 Å². The maximum Gasteiger partial charge on any atom is 0.324 e. The fraction of sp³-hybridized carbons (Fsp3) is 0.500. The summed E-state index contributed by atoms with van der Waals surface area (Å²) in [5, 5.41) is 11.5. The molecule has 0 aliphatic carbocycles. The van der Waals surface area contributed by atoms with Crippen LogP contribution in [0.4, 0.5) is 0 Å². The summed E-state index contributed by atoms with van der Waals surface area (Å²) in [6.07, 6.45) is 3.62. The third kappa shape index (κ3) is 8.79. The summed E-state index contributed by atoms with van der Waals surface area (Å²) < 4.78 is 14.1. The van der Waals surface area contributed by atoms with Crippen LogP contribution in [0.5, 0.6) is 0 Å². The third-order valence-electron chi connectivity index (χ3n) is 10.3. The number of methoxy groups -OCH3 is 1. The Morgan fingerprint density at radius 1 is 1.19 bits per heavy atom. The van der Waals surface area contributed by atoms with Crippen molar-refractivity contribution < 1.29 is 23.9 Å². The molecule has 0 radical (unpaired) electrons. The van der Waals surface area contributed by atoms with Crippen LogP contribution in [0.2, 0.25) is 0 Å². The number of amides is 2. The third-order valence-corrected chi connectivity index (χ3v) is 11.2. The first-order valence-electron chi connectivity index (χ1n) is 17.9. The number of rotatable bonds is 6. The average Bonchev–Trinajstić information content (AvgIpc) is 3.70. The fourth-order valence-electron chi connectivity index (χ4n) is 7.33. The predicted octanol–water partition coefficient (Wildman–Crippen LogP) is 4.76. The largest absolute Gasteiger partial charge is 0.464 e. The summed E-state index contributed by atoms with van der Waals surface area (Å²) in [7, 11) is 1.70. The van der Waals surface area contributed by atoms with E-state index in [0.717, 1.165) is 56.2 Å².